The van der Waals surface area contributed by atoms with Crippen LogP contribution in [-0.2, 0) is 10.2 Å². The lowest BCUT2D eigenvalue weighted by molar-refractivity contribution is -0.137. The molecule has 162 valence electrons. The molecule has 5 nitrogen and oxygen atoms in total. The molecular formula is C25H35N3O2. The molecule has 2 aromatic rings. The number of nitrogens with zero attached hydrogens (tertiary/aromatic N) is 1. The van der Waals surface area contributed by atoms with Crippen molar-refractivity contribution in [2.45, 2.75) is 77.2 Å². The van der Waals surface area contributed by atoms with Crippen LogP contribution in [0.15, 0.2) is 24.3 Å². The van der Waals surface area contributed by atoms with Crippen LogP contribution in [0.5, 0.6) is 0 Å². The van der Waals surface area contributed by atoms with Crippen molar-refractivity contribution in [3.05, 3.63) is 35.5 Å². The topological polar surface area (TPSA) is 65.2 Å². The lowest BCUT2D eigenvalue weighted by Gasteiger charge is -2.35. The first-order valence-corrected chi connectivity index (χ1v) is 11.5. The van der Waals surface area contributed by atoms with E-state index in [9.17, 15) is 9.59 Å². The molecule has 4 rings (SSSR count). The minimum atomic E-state index is -0.0550. The molecule has 2 amide bonds. The average molecular weight is 410 g/mol. The maximum absolute atomic E-state index is 12.8. The number of piperidine rings is 1. The summed E-state index contributed by atoms with van der Waals surface area (Å²) in [7, 11) is 0. The number of amides is 2. The normalized spacial score (nSPS) is 19.2. The molecule has 1 aromatic carbocycles. The van der Waals surface area contributed by atoms with Gasteiger partial charge in [-0.15, -0.1) is 0 Å². The fraction of sp³-hybridized carbons (Fsp3) is 0.600. The van der Waals surface area contributed by atoms with Gasteiger partial charge in [0.1, 0.15) is 5.69 Å². The van der Waals surface area contributed by atoms with Crippen molar-refractivity contribution in [2.75, 3.05) is 13.1 Å². The zero-order valence-electron chi connectivity index (χ0n) is 18.6. The first-order valence-electron chi connectivity index (χ1n) is 11.5. The number of likely N-dealkylation sites (tertiary alicyclic amines) is 1. The third-order valence-electron chi connectivity index (χ3n) is 6.83. The number of hydrogen-bond acceptors (Lipinski definition) is 2. The van der Waals surface area contributed by atoms with E-state index in [-0.39, 0.29) is 23.3 Å². The van der Waals surface area contributed by atoms with Crippen LogP contribution in [0.1, 0.15) is 81.8 Å². The highest BCUT2D eigenvalue weighted by Gasteiger charge is 2.29. The summed E-state index contributed by atoms with van der Waals surface area (Å²) in [6.45, 7) is 8.08. The van der Waals surface area contributed by atoms with E-state index in [0.717, 1.165) is 49.7 Å². The Kier molecular flexibility index (Phi) is 5.90. The Hall–Kier alpha value is -2.30. The quantitative estimate of drug-likeness (QED) is 0.767. The number of nitrogens with one attached hydrogen (secondary N) is 2. The summed E-state index contributed by atoms with van der Waals surface area (Å²) in [4.78, 5) is 30.9. The van der Waals surface area contributed by atoms with Gasteiger partial charge in [0.2, 0.25) is 5.91 Å². The van der Waals surface area contributed by atoms with Crippen LogP contribution in [0.25, 0.3) is 10.9 Å². The van der Waals surface area contributed by atoms with E-state index in [1.165, 1.54) is 24.8 Å². The number of fused-ring (bicyclic) bond motifs is 1. The standard InChI is InChI=1S/C25H35N3O2/c1-25(2,3)19-10-9-18-15-22(27-21(18)16-19)23(29)26-20-11-13-28(14-12-20)24(30)17-7-5-4-6-8-17/h9-10,15-17,20,27H,4-8,11-14H2,1-3H3,(H,26,29). The van der Waals surface area contributed by atoms with Gasteiger partial charge in [-0.1, -0.05) is 52.2 Å². The van der Waals surface area contributed by atoms with Crippen LogP contribution in [0, 0.1) is 5.92 Å². The van der Waals surface area contributed by atoms with E-state index in [0.29, 0.717) is 11.6 Å². The molecule has 1 aliphatic carbocycles. The molecule has 0 radical (unpaired) electrons. The van der Waals surface area contributed by atoms with E-state index in [4.69, 9.17) is 0 Å². The largest absolute Gasteiger partial charge is 0.351 e. The SMILES string of the molecule is CC(C)(C)c1ccc2cc(C(=O)NC3CCN(C(=O)C4CCCCC4)CC3)[nH]c2c1. The summed E-state index contributed by atoms with van der Waals surface area (Å²) >= 11 is 0. The predicted octanol–water partition coefficient (Wildman–Crippen LogP) is 4.77. The first kappa shape index (κ1) is 21.0. The van der Waals surface area contributed by atoms with Crippen LogP contribution in [0.4, 0.5) is 0 Å². The van der Waals surface area contributed by atoms with Gasteiger partial charge in [0, 0.05) is 36.0 Å². The zero-order chi connectivity index (χ0) is 21.3. The number of hydrogen-bond donors (Lipinski definition) is 2. The number of aromatic nitrogens is 1. The fourth-order valence-electron chi connectivity index (χ4n) is 4.83. The molecule has 2 fully saturated rings. The van der Waals surface area contributed by atoms with Crippen molar-refractivity contribution < 1.29 is 9.59 Å². The van der Waals surface area contributed by atoms with Gasteiger partial charge < -0.3 is 15.2 Å². The Balaban J connectivity index is 1.34. The van der Waals surface area contributed by atoms with Crippen LogP contribution >= 0.6 is 0 Å². The van der Waals surface area contributed by atoms with Crippen LogP contribution in [0.3, 0.4) is 0 Å². The summed E-state index contributed by atoms with van der Waals surface area (Å²) in [6.07, 6.45) is 7.40. The molecule has 5 heteroatoms. The summed E-state index contributed by atoms with van der Waals surface area (Å²) in [5.41, 5.74) is 2.93. The third kappa shape index (κ3) is 4.55. The molecule has 0 atom stereocenters. The number of carbonyl (C=O) groups excluding carboxylic acids is 2. The number of benzene rings is 1. The number of rotatable bonds is 3. The first-order chi connectivity index (χ1) is 14.3. The highest BCUT2D eigenvalue weighted by molar-refractivity contribution is 5.98. The Morgan fingerprint density at radius 3 is 2.37 bits per heavy atom. The van der Waals surface area contributed by atoms with Crippen molar-refractivity contribution in [3.63, 3.8) is 0 Å². The lowest BCUT2D eigenvalue weighted by atomic mass is 9.87. The monoisotopic (exact) mass is 409 g/mol. The molecule has 0 bridgehead atoms. The highest BCUT2D eigenvalue weighted by atomic mass is 16.2. The van der Waals surface area contributed by atoms with Gasteiger partial charge in [-0.2, -0.15) is 0 Å². The summed E-state index contributed by atoms with van der Waals surface area (Å²) in [5, 5.41) is 4.23. The molecule has 1 aromatic heterocycles. The molecule has 2 N–H and O–H groups in total. The summed E-state index contributed by atoms with van der Waals surface area (Å²) in [6, 6.07) is 8.42. The third-order valence-corrected chi connectivity index (χ3v) is 6.83. The molecule has 30 heavy (non-hydrogen) atoms. The fourth-order valence-corrected chi connectivity index (χ4v) is 4.83. The van der Waals surface area contributed by atoms with Gasteiger partial charge >= 0.3 is 0 Å². The Morgan fingerprint density at radius 2 is 1.70 bits per heavy atom. The number of carbonyl (C=O) groups is 2. The van der Waals surface area contributed by atoms with E-state index in [1.54, 1.807) is 0 Å². The number of H-pyrrole nitrogens is 1. The van der Waals surface area contributed by atoms with Crippen molar-refractivity contribution in [2.24, 2.45) is 5.92 Å². The molecule has 2 heterocycles. The lowest BCUT2D eigenvalue weighted by Crippen LogP contribution is -2.48. The Labute approximate surface area is 179 Å². The second kappa shape index (κ2) is 8.44. The second-order valence-corrected chi connectivity index (χ2v) is 10.1. The smallest absolute Gasteiger partial charge is 0.267 e. The minimum Gasteiger partial charge on any atom is -0.351 e. The maximum atomic E-state index is 12.8. The molecule has 0 spiro atoms. The van der Waals surface area contributed by atoms with E-state index in [2.05, 4.69) is 49.3 Å². The van der Waals surface area contributed by atoms with Gasteiger partial charge in [0.05, 0.1) is 0 Å². The molecule has 1 aliphatic heterocycles. The second-order valence-electron chi connectivity index (χ2n) is 10.1. The van der Waals surface area contributed by atoms with Crippen LogP contribution < -0.4 is 5.32 Å². The van der Waals surface area contributed by atoms with Gasteiger partial charge in [0.15, 0.2) is 0 Å². The van der Waals surface area contributed by atoms with Gasteiger partial charge in [0.25, 0.3) is 5.91 Å². The summed E-state index contributed by atoms with van der Waals surface area (Å²) in [5.74, 6) is 0.513. The van der Waals surface area contributed by atoms with Crippen molar-refractivity contribution in [1.82, 2.24) is 15.2 Å². The number of aromatic amines is 1. The van der Waals surface area contributed by atoms with Crippen LogP contribution in [-0.4, -0.2) is 40.8 Å². The zero-order valence-corrected chi connectivity index (χ0v) is 18.6. The predicted molar refractivity (Wildman–Crippen MR) is 121 cm³/mol. The molecule has 2 aliphatic rings. The minimum absolute atomic E-state index is 0.0550. The van der Waals surface area contributed by atoms with Crippen LogP contribution in [0.2, 0.25) is 0 Å². The van der Waals surface area contributed by atoms with Gasteiger partial charge in [-0.05, 0) is 48.8 Å². The molecule has 0 unspecified atom stereocenters. The van der Waals surface area contributed by atoms with E-state index < -0.39 is 0 Å². The van der Waals surface area contributed by atoms with Crippen molar-refractivity contribution in [1.29, 1.82) is 0 Å². The van der Waals surface area contributed by atoms with Crippen molar-refractivity contribution >= 4 is 22.7 Å². The Morgan fingerprint density at radius 1 is 1.00 bits per heavy atom. The highest BCUT2D eigenvalue weighted by Crippen LogP contribution is 2.28. The Bertz CT molecular complexity index is 910. The summed E-state index contributed by atoms with van der Waals surface area (Å²) < 4.78 is 0. The van der Waals surface area contributed by atoms with Crippen molar-refractivity contribution in [3.8, 4) is 0 Å². The van der Waals surface area contributed by atoms with E-state index in [1.807, 2.05) is 11.0 Å². The molecule has 1 saturated heterocycles. The molecular weight excluding hydrogens is 374 g/mol. The van der Waals surface area contributed by atoms with Gasteiger partial charge in [-0.3, -0.25) is 9.59 Å². The maximum Gasteiger partial charge on any atom is 0.267 e. The van der Waals surface area contributed by atoms with Gasteiger partial charge in [-0.25, -0.2) is 0 Å². The average Bonchev–Trinajstić information content (AvgIpc) is 3.17. The van der Waals surface area contributed by atoms with E-state index >= 15 is 0 Å². The molecule has 1 saturated carbocycles.